The zero-order chi connectivity index (χ0) is 13.8. The number of ether oxygens (including phenoxy) is 1. The molecule has 4 nitrogen and oxygen atoms in total. The fraction of sp³-hybridized carbons (Fsp3) is 0.333. The molecule has 104 valence electrons. The number of halogens is 1. The van der Waals surface area contributed by atoms with Gasteiger partial charge in [-0.25, -0.2) is 14.4 Å². The van der Waals surface area contributed by atoms with Gasteiger partial charge in [0.25, 0.3) is 0 Å². The van der Waals surface area contributed by atoms with Crippen molar-refractivity contribution in [3.05, 3.63) is 54.1 Å². The van der Waals surface area contributed by atoms with E-state index in [1.54, 1.807) is 0 Å². The topological polar surface area (TPSA) is 38.2 Å². The van der Waals surface area contributed by atoms with Gasteiger partial charge in [0.1, 0.15) is 0 Å². The minimum Gasteiger partial charge on any atom is -0.374 e. The minimum absolute atomic E-state index is 0.111. The molecule has 1 atom stereocenters. The molecule has 0 aliphatic carbocycles. The zero-order valence-electron chi connectivity index (χ0n) is 11.1. The van der Waals surface area contributed by atoms with Crippen LogP contribution in [-0.4, -0.2) is 35.8 Å². The van der Waals surface area contributed by atoms with Crippen LogP contribution in [0.1, 0.15) is 5.56 Å². The van der Waals surface area contributed by atoms with Crippen LogP contribution < -0.4 is 4.90 Å². The highest BCUT2D eigenvalue weighted by atomic mass is 19.1. The lowest BCUT2D eigenvalue weighted by atomic mass is 10.1. The monoisotopic (exact) mass is 273 g/mol. The van der Waals surface area contributed by atoms with Crippen LogP contribution >= 0.6 is 0 Å². The van der Waals surface area contributed by atoms with Crippen molar-refractivity contribution in [2.75, 3.05) is 24.6 Å². The lowest BCUT2D eigenvalue weighted by molar-refractivity contribution is 0.0405. The highest BCUT2D eigenvalue weighted by molar-refractivity contribution is 5.30. The minimum atomic E-state index is -0.414. The second-order valence-corrected chi connectivity index (χ2v) is 4.83. The molecule has 0 radical (unpaired) electrons. The Morgan fingerprint density at radius 3 is 2.70 bits per heavy atom. The molecule has 20 heavy (non-hydrogen) atoms. The largest absolute Gasteiger partial charge is 0.374 e. The number of rotatable bonds is 3. The van der Waals surface area contributed by atoms with Crippen molar-refractivity contribution in [1.29, 1.82) is 0 Å². The SMILES string of the molecule is Fc1cnc(N2CCOC(Cc3ccccc3)C2)nc1. The molecular formula is C15H16FN3O. The Bertz CT molecular complexity index is 547. The van der Waals surface area contributed by atoms with Gasteiger partial charge in [0.15, 0.2) is 5.82 Å². The number of morpholine rings is 1. The number of aromatic nitrogens is 2. The third-order valence-corrected chi connectivity index (χ3v) is 3.33. The van der Waals surface area contributed by atoms with E-state index in [9.17, 15) is 4.39 Å². The smallest absolute Gasteiger partial charge is 0.225 e. The summed E-state index contributed by atoms with van der Waals surface area (Å²) in [6.45, 7) is 2.09. The van der Waals surface area contributed by atoms with E-state index in [1.165, 1.54) is 18.0 Å². The van der Waals surface area contributed by atoms with Gasteiger partial charge < -0.3 is 9.64 Å². The molecular weight excluding hydrogens is 257 g/mol. The van der Waals surface area contributed by atoms with Crippen LogP contribution in [0.3, 0.4) is 0 Å². The van der Waals surface area contributed by atoms with Crippen LogP contribution in [-0.2, 0) is 11.2 Å². The van der Waals surface area contributed by atoms with E-state index in [-0.39, 0.29) is 6.10 Å². The molecule has 1 aliphatic rings. The summed E-state index contributed by atoms with van der Waals surface area (Å²) >= 11 is 0. The normalized spacial score (nSPS) is 19.1. The summed E-state index contributed by atoms with van der Waals surface area (Å²) in [5.74, 6) is 0.149. The number of hydrogen-bond donors (Lipinski definition) is 0. The summed E-state index contributed by atoms with van der Waals surface area (Å²) in [6, 6.07) is 10.2. The Morgan fingerprint density at radius 1 is 1.20 bits per heavy atom. The predicted octanol–water partition coefficient (Wildman–Crippen LogP) is 2.06. The van der Waals surface area contributed by atoms with Crippen LogP contribution in [0.5, 0.6) is 0 Å². The molecule has 0 amide bonds. The summed E-state index contributed by atoms with van der Waals surface area (Å²) in [5, 5.41) is 0. The molecule has 3 rings (SSSR count). The highest BCUT2D eigenvalue weighted by Crippen LogP contribution is 2.15. The van der Waals surface area contributed by atoms with Crippen LogP contribution in [0.15, 0.2) is 42.7 Å². The van der Waals surface area contributed by atoms with Gasteiger partial charge in [-0.2, -0.15) is 0 Å². The molecule has 1 aromatic carbocycles. The van der Waals surface area contributed by atoms with Crippen molar-refractivity contribution in [2.24, 2.45) is 0 Å². The first-order valence-corrected chi connectivity index (χ1v) is 6.69. The molecule has 1 aliphatic heterocycles. The van der Waals surface area contributed by atoms with Crippen molar-refractivity contribution in [3.63, 3.8) is 0 Å². The third kappa shape index (κ3) is 3.11. The van der Waals surface area contributed by atoms with Gasteiger partial charge in [0, 0.05) is 19.5 Å². The Balaban J connectivity index is 1.66. The first kappa shape index (κ1) is 13.0. The summed E-state index contributed by atoms with van der Waals surface area (Å²) in [5.41, 5.74) is 1.25. The molecule has 2 heterocycles. The van der Waals surface area contributed by atoms with Gasteiger partial charge in [0.05, 0.1) is 25.1 Å². The lowest BCUT2D eigenvalue weighted by Crippen LogP contribution is -2.44. The van der Waals surface area contributed by atoms with Crippen molar-refractivity contribution in [2.45, 2.75) is 12.5 Å². The Kier molecular flexibility index (Phi) is 3.87. The van der Waals surface area contributed by atoms with Crippen LogP contribution in [0.25, 0.3) is 0 Å². The molecule has 1 aromatic heterocycles. The molecule has 1 saturated heterocycles. The molecule has 2 aromatic rings. The zero-order valence-corrected chi connectivity index (χ0v) is 11.1. The van der Waals surface area contributed by atoms with E-state index < -0.39 is 5.82 Å². The van der Waals surface area contributed by atoms with Gasteiger partial charge in [-0.05, 0) is 5.56 Å². The molecule has 1 unspecified atom stereocenters. The highest BCUT2D eigenvalue weighted by Gasteiger charge is 2.22. The first-order chi connectivity index (χ1) is 9.81. The average molecular weight is 273 g/mol. The molecule has 0 N–H and O–H groups in total. The van der Waals surface area contributed by atoms with Gasteiger partial charge in [0.2, 0.25) is 5.95 Å². The molecule has 0 spiro atoms. The summed E-state index contributed by atoms with van der Waals surface area (Å²) in [4.78, 5) is 10.1. The van der Waals surface area contributed by atoms with Crippen LogP contribution in [0.4, 0.5) is 10.3 Å². The van der Waals surface area contributed by atoms with E-state index in [1.807, 2.05) is 23.1 Å². The number of benzene rings is 1. The Hall–Kier alpha value is -2.01. The second kappa shape index (κ2) is 5.96. The summed E-state index contributed by atoms with van der Waals surface area (Å²) < 4.78 is 18.6. The standard InChI is InChI=1S/C15H16FN3O/c16-13-9-17-15(18-10-13)19-6-7-20-14(11-19)8-12-4-2-1-3-5-12/h1-5,9-10,14H,6-8,11H2. The van der Waals surface area contributed by atoms with Gasteiger partial charge in [-0.3, -0.25) is 0 Å². The van der Waals surface area contributed by atoms with Gasteiger partial charge >= 0.3 is 0 Å². The Morgan fingerprint density at radius 2 is 1.95 bits per heavy atom. The summed E-state index contributed by atoms with van der Waals surface area (Å²) in [6.07, 6.45) is 3.37. The summed E-state index contributed by atoms with van der Waals surface area (Å²) in [7, 11) is 0. The van der Waals surface area contributed by atoms with Crippen molar-refractivity contribution in [1.82, 2.24) is 9.97 Å². The third-order valence-electron chi connectivity index (χ3n) is 3.33. The molecule has 0 saturated carbocycles. The fourth-order valence-corrected chi connectivity index (χ4v) is 2.37. The van der Waals surface area contributed by atoms with Crippen molar-refractivity contribution >= 4 is 5.95 Å². The predicted molar refractivity (Wildman–Crippen MR) is 74.1 cm³/mol. The maximum atomic E-state index is 12.8. The molecule has 0 bridgehead atoms. The van der Waals surface area contributed by atoms with Gasteiger partial charge in [-0.15, -0.1) is 0 Å². The maximum Gasteiger partial charge on any atom is 0.225 e. The lowest BCUT2D eigenvalue weighted by Gasteiger charge is -2.33. The first-order valence-electron chi connectivity index (χ1n) is 6.69. The Labute approximate surface area is 117 Å². The van der Waals surface area contributed by atoms with Crippen molar-refractivity contribution < 1.29 is 9.13 Å². The van der Waals surface area contributed by atoms with Crippen LogP contribution in [0, 0.1) is 5.82 Å². The van der Waals surface area contributed by atoms with E-state index in [4.69, 9.17) is 4.74 Å². The van der Waals surface area contributed by atoms with E-state index in [0.717, 1.165) is 19.5 Å². The molecule has 1 fully saturated rings. The maximum absolute atomic E-state index is 12.8. The van der Waals surface area contributed by atoms with E-state index >= 15 is 0 Å². The molecule has 5 heteroatoms. The van der Waals surface area contributed by atoms with Gasteiger partial charge in [-0.1, -0.05) is 30.3 Å². The number of hydrogen-bond acceptors (Lipinski definition) is 4. The quantitative estimate of drug-likeness (QED) is 0.858. The number of anilines is 1. The van der Waals surface area contributed by atoms with E-state index in [0.29, 0.717) is 12.6 Å². The second-order valence-electron chi connectivity index (χ2n) is 4.83. The number of nitrogens with zero attached hydrogens (tertiary/aromatic N) is 3. The van der Waals surface area contributed by atoms with Crippen molar-refractivity contribution in [3.8, 4) is 0 Å². The average Bonchev–Trinajstić information content (AvgIpc) is 2.49. The fourth-order valence-electron chi connectivity index (χ4n) is 2.37. The van der Waals surface area contributed by atoms with E-state index in [2.05, 4.69) is 22.1 Å². The van der Waals surface area contributed by atoms with Crippen LogP contribution in [0.2, 0.25) is 0 Å².